The Balaban J connectivity index is 1.69. The molecule has 37 heavy (non-hydrogen) atoms. The highest BCUT2D eigenvalue weighted by molar-refractivity contribution is 6.31. The molecule has 1 aliphatic rings. The SMILES string of the molecule is COc1ccc([C@H]2C[C@@H](C(F)(F)F)n3ncc(C(=O)Nc4ccc(Cl)c(C(F)(F)F)c4)c3N2)cc1OC. The van der Waals surface area contributed by atoms with Crippen LogP contribution in [0.1, 0.15) is 40.0 Å². The molecule has 0 unspecified atom stereocenters. The number of rotatable bonds is 5. The second kappa shape index (κ2) is 9.69. The van der Waals surface area contributed by atoms with E-state index in [0.29, 0.717) is 27.8 Å². The van der Waals surface area contributed by atoms with E-state index in [-0.39, 0.29) is 17.1 Å². The number of carbonyl (C=O) groups excluding carboxylic acids is 1. The first-order valence-electron chi connectivity index (χ1n) is 10.6. The lowest BCUT2D eigenvalue weighted by Crippen LogP contribution is -2.36. The number of carbonyl (C=O) groups is 1. The maximum absolute atomic E-state index is 14.0. The van der Waals surface area contributed by atoms with Crippen molar-refractivity contribution in [3.05, 3.63) is 64.3 Å². The second-order valence-electron chi connectivity index (χ2n) is 8.10. The van der Waals surface area contributed by atoms with Gasteiger partial charge in [-0.3, -0.25) is 4.79 Å². The number of anilines is 2. The molecule has 0 saturated heterocycles. The van der Waals surface area contributed by atoms with Gasteiger partial charge in [0.05, 0.1) is 37.0 Å². The predicted molar refractivity (Wildman–Crippen MR) is 122 cm³/mol. The molecule has 2 aromatic carbocycles. The Labute approximate surface area is 211 Å². The summed E-state index contributed by atoms with van der Waals surface area (Å²) in [5.41, 5.74) is -1.28. The van der Waals surface area contributed by atoms with Gasteiger partial charge in [0.1, 0.15) is 11.4 Å². The van der Waals surface area contributed by atoms with E-state index >= 15 is 0 Å². The number of hydrogen-bond donors (Lipinski definition) is 2. The molecule has 3 aromatic rings. The molecule has 1 amide bonds. The number of nitrogens with one attached hydrogen (secondary N) is 2. The number of fused-ring (bicyclic) bond motifs is 1. The van der Waals surface area contributed by atoms with E-state index in [2.05, 4.69) is 15.7 Å². The highest BCUT2D eigenvalue weighted by Gasteiger charge is 2.47. The minimum Gasteiger partial charge on any atom is -0.493 e. The van der Waals surface area contributed by atoms with Crippen molar-refractivity contribution in [2.24, 2.45) is 0 Å². The first kappa shape index (κ1) is 26.5. The van der Waals surface area contributed by atoms with Crippen molar-refractivity contribution in [2.75, 3.05) is 24.9 Å². The summed E-state index contributed by atoms with van der Waals surface area (Å²) in [4.78, 5) is 12.9. The van der Waals surface area contributed by atoms with Crippen LogP contribution in [-0.2, 0) is 6.18 Å². The van der Waals surface area contributed by atoms with Crippen LogP contribution in [0.5, 0.6) is 11.5 Å². The van der Waals surface area contributed by atoms with E-state index in [4.69, 9.17) is 21.1 Å². The van der Waals surface area contributed by atoms with Crippen molar-refractivity contribution < 1.29 is 40.6 Å². The van der Waals surface area contributed by atoms with E-state index in [1.807, 2.05) is 0 Å². The lowest BCUT2D eigenvalue weighted by molar-refractivity contribution is -0.173. The number of nitrogens with zero attached hydrogens (tertiary/aromatic N) is 2. The number of methoxy groups -OCH3 is 2. The van der Waals surface area contributed by atoms with Crippen LogP contribution < -0.4 is 20.1 Å². The Morgan fingerprint density at radius 2 is 1.78 bits per heavy atom. The Hall–Kier alpha value is -3.61. The number of aromatic nitrogens is 2. The lowest BCUT2D eigenvalue weighted by Gasteiger charge is -2.34. The summed E-state index contributed by atoms with van der Waals surface area (Å²) in [5.74, 6) is -0.528. The number of amides is 1. The Kier molecular flexibility index (Phi) is 6.93. The fourth-order valence-corrected chi connectivity index (χ4v) is 4.26. The fourth-order valence-electron chi connectivity index (χ4n) is 4.04. The van der Waals surface area contributed by atoms with Gasteiger partial charge in [-0.15, -0.1) is 0 Å². The van der Waals surface area contributed by atoms with Crippen molar-refractivity contribution in [3.63, 3.8) is 0 Å². The molecular formula is C23H19ClF6N4O3. The number of benzene rings is 2. The number of alkyl halides is 6. The van der Waals surface area contributed by atoms with Crippen molar-refractivity contribution >= 4 is 29.0 Å². The predicted octanol–water partition coefficient (Wildman–Crippen LogP) is 6.49. The van der Waals surface area contributed by atoms with E-state index in [0.717, 1.165) is 18.3 Å². The van der Waals surface area contributed by atoms with Gasteiger partial charge in [-0.1, -0.05) is 17.7 Å². The first-order valence-corrected chi connectivity index (χ1v) is 11.0. The van der Waals surface area contributed by atoms with Gasteiger partial charge in [0.25, 0.3) is 5.91 Å². The fraction of sp³-hybridized carbons (Fsp3) is 0.304. The molecule has 0 saturated carbocycles. The van der Waals surface area contributed by atoms with Gasteiger partial charge in [0.2, 0.25) is 0 Å². The van der Waals surface area contributed by atoms with Crippen LogP contribution in [0.3, 0.4) is 0 Å². The quantitative estimate of drug-likeness (QED) is 0.357. The summed E-state index contributed by atoms with van der Waals surface area (Å²) < 4.78 is 92.5. The summed E-state index contributed by atoms with van der Waals surface area (Å²) in [6.07, 6.45) is -9.00. The average molecular weight is 549 g/mol. The molecule has 0 fully saturated rings. The molecule has 0 bridgehead atoms. The van der Waals surface area contributed by atoms with Gasteiger partial charge in [-0.2, -0.15) is 31.4 Å². The van der Waals surface area contributed by atoms with Crippen LogP contribution >= 0.6 is 11.6 Å². The van der Waals surface area contributed by atoms with Crippen LogP contribution in [0.2, 0.25) is 5.02 Å². The minimum atomic E-state index is -4.77. The number of ether oxygens (including phenoxy) is 2. The van der Waals surface area contributed by atoms with Crippen LogP contribution in [0, 0.1) is 0 Å². The zero-order valence-electron chi connectivity index (χ0n) is 19.2. The maximum atomic E-state index is 14.0. The molecule has 14 heteroatoms. The number of halogens is 7. The van der Waals surface area contributed by atoms with Crippen LogP contribution in [-0.4, -0.2) is 36.1 Å². The summed E-state index contributed by atoms with van der Waals surface area (Å²) in [6, 6.07) is 4.37. The van der Waals surface area contributed by atoms with E-state index < -0.39 is 47.4 Å². The largest absolute Gasteiger partial charge is 0.493 e. The van der Waals surface area contributed by atoms with Crippen molar-refractivity contribution in [3.8, 4) is 11.5 Å². The highest BCUT2D eigenvalue weighted by Crippen LogP contribution is 2.45. The van der Waals surface area contributed by atoms with Crippen molar-refractivity contribution in [2.45, 2.75) is 30.9 Å². The Morgan fingerprint density at radius 3 is 2.41 bits per heavy atom. The molecule has 1 aromatic heterocycles. The molecule has 2 atom stereocenters. The first-order chi connectivity index (χ1) is 17.3. The molecule has 0 aliphatic carbocycles. The van der Waals surface area contributed by atoms with Gasteiger partial charge >= 0.3 is 12.4 Å². The molecule has 2 N–H and O–H groups in total. The molecule has 4 rings (SSSR count). The van der Waals surface area contributed by atoms with E-state index in [9.17, 15) is 31.1 Å². The second-order valence-corrected chi connectivity index (χ2v) is 8.51. The highest BCUT2D eigenvalue weighted by atomic mass is 35.5. The molecule has 198 valence electrons. The van der Waals surface area contributed by atoms with Crippen LogP contribution in [0.15, 0.2) is 42.6 Å². The summed E-state index contributed by atoms with van der Waals surface area (Å²) >= 11 is 5.61. The third kappa shape index (κ3) is 5.26. The van der Waals surface area contributed by atoms with Gasteiger partial charge < -0.3 is 20.1 Å². The normalized spacial score (nSPS) is 17.5. The molecule has 0 spiro atoms. The van der Waals surface area contributed by atoms with E-state index in [1.165, 1.54) is 26.4 Å². The topological polar surface area (TPSA) is 77.4 Å². The van der Waals surface area contributed by atoms with Crippen LogP contribution in [0.25, 0.3) is 0 Å². The van der Waals surface area contributed by atoms with Crippen molar-refractivity contribution in [1.82, 2.24) is 9.78 Å². The van der Waals surface area contributed by atoms with Crippen LogP contribution in [0.4, 0.5) is 37.8 Å². The average Bonchev–Trinajstić information content (AvgIpc) is 3.27. The molecular weight excluding hydrogens is 530 g/mol. The van der Waals surface area contributed by atoms with Crippen molar-refractivity contribution in [1.29, 1.82) is 0 Å². The summed E-state index contributed by atoms with van der Waals surface area (Å²) in [7, 11) is 2.80. The smallest absolute Gasteiger partial charge is 0.417 e. The van der Waals surface area contributed by atoms with Gasteiger partial charge in [-0.05, 0) is 35.9 Å². The van der Waals surface area contributed by atoms with Gasteiger partial charge in [0.15, 0.2) is 17.5 Å². The maximum Gasteiger partial charge on any atom is 0.417 e. The Morgan fingerprint density at radius 1 is 1.08 bits per heavy atom. The summed E-state index contributed by atoms with van der Waals surface area (Å²) in [5, 5.41) is 8.36. The monoisotopic (exact) mass is 548 g/mol. The molecule has 2 heterocycles. The molecule has 7 nitrogen and oxygen atoms in total. The third-order valence-electron chi connectivity index (χ3n) is 5.82. The lowest BCUT2D eigenvalue weighted by atomic mass is 9.96. The molecule has 1 aliphatic heterocycles. The number of hydrogen-bond acceptors (Lipinski definition) is 5. The van der Waals surface area contributed by atoms with Gasteiger partial charge in [-0.25, -0.2) is 4.68 Å². The zero-order valence-corrected chi connectivity index (χ0v) is 19.9. The van der Waals surface area contributed by atoms with Gasteiger partial charge in [0, 0.05) is 12.1 Å². The standard InChI is InChI=1S/C23H19ClF6N4O3/c1-36-17-6-3-11(7-18(17)37-2)16-9-19(23(28,29)30)34-20(33-16)13(10-31-34)21(35)32-12-4-5-15(24)14(8-12)22(25,26)27/h3-8,10,16,19,33H,9H2,1-2H3,(H,32,35)/t16-,19+/m1/s1. The third-order valence-corrected chi connectivity index (χ3v) is 6.15. The minimum absolute atomic E-state index is 0.240. The Bertz CT molecular complexity index is 1320. The summed E-state index contributed by atoms with van der Waals surface area (Å²) in [6.45, 7) is 0. The molecule has 0 radical (unpaired) electrons. The zero-order chi connectivity index (χ0) is 27.1. The van der Waals surface area contributed by atoms with E-state index in [1.54, 1.807) is 6.07 Å².